The third-order valence-corrected chi connectivity index (χ3v) is 3.17. The maximum Gasteiger partial charge on any atom is 0.137 e. The van der Waals surface area contributed by atoms with Crippen molar-refractivity contribution in [2.45, 2.75) is 20.8 Å². The van der Waals surface area contributed by atoms with Gasteiger partial charge in [0.15, 0.2) is 0 Å². The second kappa shape index (κ2) is 7.80. The van der Waals surface area contributed by atoms with Crippen LogP contribution >= 0.6 is 0 Å². The quantitative estimate of drug-likeness (QED) is 0.708. The summed E-state index contributed by atoms with van der Waals surface area (Å²) < 4.78 is 5.96. The highest BCUT2D eigenvalue weighted by Crippen LogP contribution is 2.24. The Morgan fingerprint density at radius 1 is 1.05 bits per heavy atom. The highest BCUT2D eigenvalue weighted by molar-refractivity contribution is 5.42. The smallest absolute Gasteiger partial charge is 0.137 e. The first-order valence-corrected chi connectivity index (χ1v) is 6.84. The number of quaternary nitrogens is 1. The Labute approximate surface area is 117 Å². The average molecular weight is 260 g/mol. The maximum absolute atomic E-state index is 5.96. The molecule has 0 bridgehead atoms. The molecule has 1 aromatic carbocycles. The Morgan fingerprint density at radius 3 is 2.05 bits per heavy atom. The van der Waals surface area contributed by atoms with Crippen LogP contribution in [-0.2, 0) is 0 Å². The van der Waals surface area contributed by atoms with Gasteiger partial charge in [0.2, 0.25) is 0 Å². The number of rotatable bonds is 8. The van der Waals surface area contributed by atoms with Crippen molar-refractivity contribution in [3.05, 3.63) is 54.1 Å². The van der Waals surface area contributed by atoms with Gasteiger partial charge >= 0.3 is 0 Å². The van der Waals surface area contributed by atoms with Crippen LogP contribution in [0, 0.1) is 20.8 Å². The van der Waals surface area contributed by atoms with E-state index in [1.807, 2.05) is 12.2 Å². The van der Waals surface area contributed by atoms with Crippen LogP contribution in [0.1, 0.15) is 16.7 Å². The van der Waals surface area contributed by atoms with Crippen molar-refractivity contribution in [1.82, 2.24) is 0 Å². The minimum absolute atomic E-state index is 0.724. The zero-order chi connectivity index (χ0) is 14.3. The Hall–Kier alpha value is -1.54. The number of hydrogen-bond donors (Lipinski definition) is 1. The number of benzene rings is 1. The molecule has 2 heteroatoms. The van der Waals surface area contributed by atoms with E-state index in [1.54, 1.807) is 0 Å². The topological polar surface area (TPSA) is 13.7 Å². The lowest BCUT2D eigenvalue weighted by atomic mass is 10.1. The van der Waals surface area contributed by atoms with Crippen LogP contribution in [-0.4, -0.2) is 26.2 Å². The Kier molecular flexibility index (Phi) is 6.37. The van der Waals surface area contributed by atoms with E-state index in [9.17, 15) is 0 Å². The van der Waals surface area contributed by atoms with Gasteiger partial charge in [0.25, 0.3) is 0 Å². The summed E-state index contributed by atoms with van der Waals surface area (Å²) in [5.41, 5.74) is 3.71. The molecule has 0 aliphatic rings. The largest absolute Gasteiger partial charge is 0.487 e. The summed E-state index contributed by atoms with van der Waals surface area (Å²) in [5, 5.41) is 0. The van der Waals surface area contributed by atoms with Crippen molar-refractivity contribution in [3.8, 4) is 5.75 Å². The Morgan fingerprint density at radius 2 is 1.58 bits per heavy atom. The van der Waals surface area contributed by atoms with Crippen molar-refractivity contribution >= 4 is 0 Å². The predicted octanol–water partition coefficient (Wildman–Crippen LogP) is 2.25. The fraction of sp³-hybridized carbons (Fsp3) is 0.412. The minimum Gasteiger partial charge on any atom is -0.487 e. The Balaban J connectivity index is 2.57. The fourth-order valence-electron chi connectivity index (χ4n) is 2.39. The van der Waals surface area contributed by atoms with Crippen LogP contribution in [0.3, 0.4) is 0 Å². The molecule has 0 spiro atoms. The first kappa shape index (κ1) is 15.5. The SMILES string of the molecule is C=CC[NH+](CC=C)CCOc1c(C)cc(C)cc1C. The molecular weight excluding hydrogens is 234 g/mol. The molecule has 1 rings (SSSR count). The molecule has 0 heterocycles. The molecular formula is C17H26NO+. The number of ether oxygens (including phenoxy) is 1. The highest BCUT2D eigenvalue weighted by Gasteiger charge is 2.08. The van der Waals surface area contributed by atoms with Gasteiger partial charge in [-0.3, -0.25) is 0 Å². The van der Waals surface area contributed by atoms with Crippen LogP contribution in [0.2, 0.25) is 0 Å². The molecule has 0 amide bonds. The minimum atomic E-state index is 0.724. The van der Waals surface area contributed by atoms with E-state index in [-0.39, 0.29) is 0 Å². The lowest BCUT2D eigenvalue weighted by Gasteiger charge is -2.18. The molecule has 0 unspecified atom stereocenters. The van der Waals surface area contributed by atoms with E-state index in [2.05, 4.69) is 46.1 Å². The number of hydrogen-bond acceptors (Lipinski definition) is 1. The molecule has 0 saturated carbocycles. The van der Waals surface area contributed by atoms with Gasteiger partial charge in [0.05, 0.1) is 13.1 Å². The van der Waals surface area contributed by atoms with Crippen LogP contribution in [0.15, 0.2) is 37.4 Å². The molecule has 0 radical (unpaired) electrons. The van der Waals surface area contributed by atoms with Gasteiger partial charge in [-0.15, -0.1) is 0 Å². The van der Waals surface area contributed by atoms with E-state index in [0.29, 0.717) is 0 Å². The zero-order valence-corrected chi connectivity index (χ0v) is 12.5. The molecule has 0 atom stereocenters. The maximum atomic E-state index is 5.96. The van der Waals surface area contributed by atoms with Gasteiger partial charge in [-0.2, -0.15) is 0 Å². The van der Waals surface area contributed by atoms with Crippen molar-refractivity contribution in [3.63, 3.8) is 0 Å². The van der Waals surface area contributed by atoms with Gasteiger partial charge < -0.3 is 9.64 Å². The Bertz CT molecular complexity index is 404. The van der Waals surface area contributed by atoms with Crippen molar-refractivity contribution in [2.24, 2.45) is 0 Å². The van der Waals surface area contributed by atoms with Crippen molar-refractivity contribution < 1.29 is 9.64 Å². The standard InChI is InChI=1S/C17H25NO/c1-6-8-18(9-7-2)10-11-19-17-15(4)12-14(3)13-16(17)5/h6-7,12-13H,1-2,8-11H2,3-5H3/p+1. The van der Waals surface area contributed by atoms with E-state index in [4.69, 9.17) is 4.74 Å². The van der Waals surface area contributed by atoms with E-state index >= 15 is 0 Å². The number of aryl methyl sites for hydroxylation is 3. The summed E-state index contributed by atoms with van der Waals surface area (Å²) in [7, 11) is 0. The predicted molar refractivity (Wildman–Crippen MR) is 82.1 cm³/mol. The second-order valence-electron chi connectivity index (χ2n) is 5.06. The summed E-state index contributed by atoms with van der Waals surface area (Å²) in [5.74, 6) is 1.03. The zero-order valence-electron chi connectivity index (χ0n) is 12.5. The highest BCUT2D eigenvalue weighted by atomic mass is 16.5. The molecule has 1 aromatic rings. The van der Waals surface area contributed by atoms with Gasteiger partial charge in [0, 0.05) is 0 Å². The third kappa shape index (κ3) is 4.92. The molecule has 0 aliphatic heterocycles. The molecule has 0 fully saturated rings. The molecule has 104 valence electrons. The lowest BCUT2D eigenvalue weighted by molar-refractivity contribution is -0.888. The van der Waals surface area contributed by atoms with Crippen molar-refractivity contribution in [1.29, 1.82) is 0 Å². The summed E-state index contributed by atoms with van der Waals surface area (Å²) in [4.78, 5) is 1.42. The fourth-order valence-corrected chi connectivity index (χ4v) is 2.39. The summed E-state index contributed by atoms with van der Waals surface area (Å²) >= 11 is 0. The van der Waals surface area contributed by atoms with E-state index in [1.165, 1.54) is 21.6 Å². The van der Waals surface area contributed by atoms with Gasteiger partial charge in [-0.25, -0.2) is 0 Å². The van der Waals surface area contributed by atoms with Gasteiger partial charge in [0.1, 0.15) is 18.9 Å². The van der Waals surface area contributed by atoms with Crippen molar-refractivity contribution in [2.75, 3.05) is 26.2 Å². The second-order valence-corrected chi connectivity index (χ2v) is 5.06. The summed E-state index contributed by atoms with van der Waals surface area (Å²) in [6.07, 6.45) is 3.89. The molecule has 19 heavy (non-hydrogen) atoms. The van der Waals surface area contributed by atoms with Crippen LogP contribution < -0.4 is 9.64 Å². The molecule has 0 aromatic heterocycles. The first-order chi connectivity index (χ1) is 9.08. The average Bonchev–Trinajstić information content (AvgIpc) is 2.32. The lowest BCUT2D eigenvalue weighted by Crippen LogP contribution is -3.12. The summed E-state index contributed by atoms with van der Waals surface area (Å²) in [6, 6.07) is 4.33. The van der Waals surface area contributed by atoms with Gasteiger partial charge in [-0.1, -0.05) is 30.9 Å². The van der Waals surface area contributed by atoms with E-state index < -0.39 is 0 Å². The van der Waals surface area contributed by atoms with Crippen LogP contribution in [0.25, 0.3) is 0 Å². The van der Waals surface area contributed by atoms with Crippen LogP contribution in [0.4, 0.5) is 0 Å². The first-order valence-electron chi connectivity index (χ1n) is 6.84. The third-order valence-electron chi connectivity index (χ3n) is 3.17. The summed E-state index contributed by atoms with van der Waals surface area (Å²) in [6.45, 7) is 17.5. The molecule has 2 nitrogen and oxygen atoms in total. The number of nitrogens with one attached hydrogen (secondary N) is 1. The van der Waals surface area contributed by atoms with Crippen LogP contribution in [0.5, 0.6) is 5.75 Å². The normalized spacial score (nSPS) is 10.5. The molecule has 1 N–H and O–H groups in total. The molecule has 0 aliphatic carbocycles. The monoisotopic (exact) mass is 260 g/mol. The molecule has 0 saturated heterocycles. The van der Waals surface area contributed by atoms with Gasteiger partial charge in [-0.05, 0) is 44.1 Å². The van der Waals surface area contributed by atoms with E-state index in [0.717, 1.165) is 32.0 Å².